The highest BCUT2D eigenvalue weighted by Crippen LogP contribution is 2.29. The molecular formula is C35H43F3N8O6. The monoisotopic (exact) mass is 728 g/mol. The number of alkyl halides is 3. The summed E-state index contributed by atoms with van der Waals surface area (Å²) in [6.07, 6.45) is -4.19. The number of rotatable bonds is 17. The second-order valence-electron chi connectivity index (χ2n) is 11.8. The number of carbonyl (C=O) groups is 4. The molecule has 0 saturated heterocycles. The maximum atomic E-state index is 14.2. The molecule has 0 radical (unpaired) electrons. The van der Waals surface area contributed by atoms with Crippen molar-refractivity contribution in [3.63, 3.8) is 0 Å². The van der Waals surface area contributed by atoms with Crippen molar-refractivity contribution in [2.75, 3.05) is 13.2 Å². The second kappa shape index (κ2) is 20.0. The molecule has 0 fully saturated rings. The first-order chi connectivity index (χ1) is 24.4. The summed E-state index contributed by atoms with van der Waals surface area (Å²) in [6, 6.07) is 23.5. The molecule has 3 rings (SSSR count). The van der Waals surface area contributed by atoms with Crippen LogP contribution in [-0.2, 0) is 42.4 Å². The van der Waals surface area contributed by atoms with Gasteiger partial charge in [0.05, 0.1) is 18.6 Å². The smallest absolute Gasteiger partial charge is 0.475 e. The topological polar surface area (TPSA) is 260 Å². The van der Waals surface area contributed by atoms with E-state index in [0.717, 1.165) is 16.7 Å². The Morgan fingerprint density at radius 2 is 1.38 bits per heavy atom. The van der Waals surface area contributed by atoms with E-state index in [9.17, 15) is 27.6 Å². The summed E-state index contributed by atoms with van der Waals surface area (Å²) >= 11 is 0. The molecule has 0 saturated carbocycles. The minimum Gasteiger partial charge on any atom is -0.475 e. The molecule has 0 unspecified atom stereocenters. The van der Waals surface area contributed by atoms with Gasteiger partial charge >= 0.3 is 12.1 Å². The Bertz CT molecular complexity index is 1660. The third-order valence-corrected chi connectivity index (χ3v) is 7.64. The van der Waals surface area contributed by atoms with Crippen LogP contribution in [0.1, 0.15) is 42.0 Å². The summed E-state index contributed by atoms with van der Waals surface area (Å²) in [5, 5.41) is 30.3. The first kappa shape index (κ1) is 42.2. The van der Waals surface area contributed by atoms with Crippen LogP contribution >= 0.6 is 0 Å². The van der Waals surface area contributed by atoms with E-state index in [1.165, 1.54) is 0 Å². The summed E-state index contributed by atoms with van der Waals surface area (Å²) in [7, 11) is 0. The summed E-state index contributed by atoms with van der Waals surface area (Å²) in [5.74, 6) is -4.80. The Morgan fingerprint density at radius 3 is 1.88 bits per heavy atom. The Balaban J connectivity index is 0.00000121. The molecule has 3 amide bonds. The number of amidine groups is 1. The Morgan fingerprint density at radius 1 is 0.827 bits per heavy atom. The Hall–Kier alpha value is -5.97. The van der Waals surface area contributed by atoms with E-state index in [1.807, 2.05) is 72.8 Å². The fraction of sp³-hybridized carbons (Fsp3) is 0.314. The van der Waals surface area contributed by atoms with Crippen molar-refractivity contribution in [1.82, 2.24) is 16.0 Å². The fourth-order valence-electron chi connectivity index (χ4n) is 4.79. The van der Waals surface area contributed by atoms with E-state index in [1.54, 1.807) is 19.1 Å². The first-order valence-corrected chi connectivity index (χ1v) is 15.8. The van der Waals surface area contributed by atoms with Gasteiger partial charge in [0.15, 0.2) is 5.96 Å². The number of halogens is 3. The average Bonchev–Trinajstić information content (AvgIpc) is 3.09. The summed E-state index contributed by atoms with van der Waals surface area (Å²) in [6.45, 7) is 2.15. The molecule has 3 aromatic rings. The van der Waals surface area contributed by atoms with Crippen molar-refractivity contribution < 1.29 is 42.2 Å². The molecule has 3 atom stereocenters. The highest BCUT2D eigenvalue weighted by molar-refractivity contribution is 5.96. The van der Waals surface area contributed by atoms with Crippen LogP contribution in [0.25, 0.3) is 0 Å². The number of hydrogen-bond donors (Lipinski definition) is 9. The van der Waals surface area contributed by atoms with Gasteiger partial charge in [-0.1, -0.05) is 84.9 Å². The van der Waals surface area contributed by atoms with Gasteiger partial charge < -0.3 is 43.0 Å². The number of carboxylic acids is 1. The molecule has 0 aliphatic carbocycles. The molecule has 0 bridgehead atoms. The normalized spacial score (nSPS) is 13.2. The van der Waals surface area contributed by atoms with Crippen molar-refractivity contribution in [2.45, 2.75) is 56.5 Å². The van der Waals surface area contributed by atoms with E-state index in [0.29, 0.717) is 18.5 Å². The third-order valence-electron chi connectivity index (χ3n) is 7.64. The van der Waals surface area contributed by atoms with Gasteiger partial charge in [0, 0.05) is 12.1 Å². The zero-order valence-corrected chi connectivity index (χ0v) is 28.3. The predicted octanol–water partition coefficient (Wildman–Crippen LogP) is 2.04. The fourth-order valence-corrected chi connectivity index (χ4v) is 4.79. The standard InChI is InChI=1S/C33H42N8O4.C2HF3O2/c1-33(25-11-6-3-7-12-25,19-22-14-16-24(17-15-22)28(34)35)31(44)41-27(21-45-20-23-9-4-2-5-10-23)30(43)40-26(29(36)42)13-8-18-39-32(37)38;3-2(4,5)1(6)7/h2-7,9-12,14-17,26-27H,8,13,18-21H2,1H3,(H3,34,35)(H2,36,42)(H,40,43)(H,41,44)(H4,37,38,39);(H,6,7)/t26-,27-,33+;/m0./s1. The van der Waals surface area contributed by atoms with Crippen LogP contribution in [0.5, 0.6) is 0 Å². The molecule has 280 valence electrons. The number of ether oxygens (including phenoxy) is 1. The minimum absolute atomic E-state index is 0.0566. The number of carboxylic acid groups (broad SMARTS) is 1. The molecule has 0 aromatic heterocycles. The maximum Gasteiger partial charge on any atom is 0.490 e. The number of benzene rings is 3. The number of nitrogens with one attached hydrogen (secondary N) is 5. The zero-order valence-electron chi connectivity index (χ0n) is 28.3. The van der Waals surface area contributed by atoms with Crippen LogP contribution in [0.3, 0.4) is 0 Å². The third kappa shape index (κ3) is 14.1. The number of nitrogen functional groups attached to an aromatic ring is 1. The van der Waals surface area contributed by atoms with Crippen molar-refractivity contribution in [1.29, 1.82) is 10.8 Å². The molecule has 17 heteroatoms. The van der Waals surface area contributed by atoms with E-state index < -0.39 is 47.4 Å². The number of primary amides is 1. The molecule has 0 aliphatic rings. The van der Waals surface area contributed by atoms with E-state index in [4.69, 9.17) is 42.7 Å². The van der Waals surface area contributed by atoms with Gasteiger partial charge in [0.1, 0.15) is 17.9 Å². The molecule has 0 spiro atoms. The van der Waals surface area contributed by atoms with Crippen LogP contribution in [0, 0.1) is 10.8 Å². The quantitative estimate of drug-likeness (QED) is 0.0559. The van der Waals surface area contributed by atoms with Crippen LogP contribution in [-0.4, -0.2) is 72.0 Å². The highest BCUT2D eigenvalue weighted by atomic mass is 19.4. The van der Waals surface area contributed by atoms with Crippen LogP contribution in [0.2, 0.25) is 0 Å². The molecule has 14 nitrogen and oxygen atoms in total. The van der Waals surface area contributed by atoms with Gasteiger partial charge in [0.25, 0.3) is 0 Å². The van der Waals surface area contributed by atoms with Gasteiger partial charge in [0.2, 0.25) is 17.7 Å². The molecule has 0 heterocycles. The number of guanidine groups is 1. The lowest BCUT2D eigenvalue weighted by Crippen LogP contribution is -2.57. The van der Waals surface area contributed by atoms with Crippen LogP contribution in [0.4, 0.5) is 13.2 Å². The van der Waals surface area contributed by atoms with Gasteiger partial charge in [-0.3, -0.25) is 25.2 Å². The number of hydrogen-bond acceptors (Lipinski definition) is 7. The predicted molar refractivity (Wildman–Crippen MR) is 187 cm³/mol. The lowest BCUT2D eigenvalue weighted by molar-refractivity contribution is -0.192. The molecule has 3 aromatic carbocycles. The zero-order chi connectivity index (χ0) is 38.9. The van der Waals surface area contributed by atoms with Crippen LogP contribution < -0.4 is 33.2 Å². The van der Waals surface area contributed by atoms with Crippen molar-refractivity contribution >= 4 is 35.5 Å². The molecule has 52 heavy (non-hydrogen) atoms. The van der Waals surface area contributed by atoms with E-state index >= 15 is 0 Å². The number of amides is 3. The van der Waals surface area contributed by atoms with Crippen molar-refractivity contribution in [2.24, 2.45) is 17.2 Å². The van der Waals surface area contributed by atoms with Gasteiger partial charge in [-0.15, -0.1) is 0 Å². The number of nitrogens with two attached hydrogens (primary N) is 3. The molecule has 0 aliphatic heterocycles. The number of carbonyl (C=O) groups excluding carboxylic acids is 3. The van der Waals surface area contributed by atoms with E-state index in [2.05, 4.69) is 16.0 Å². The van der Waals surface area contributed by atoms with Crippen molar-refractivity contribution in [3.05, 3.63) is 107 Å². The molecule has 12 N–H and O–H groups in total. The first-order valence-electron chi connectivity index (χ1n) is 15.8. The number of aliphatic carboxylic acids is 1. The van der Waals surface area contributed by atoms with Gasteiger partial charge in [-0.05, 0) is 42.9 Å². The summed E-state index contributed by atoms with van der Waals surface area (Å²) < 4.78 is 37.6. The summed E-state index contributed by atoms with van der Waals surface area (Å²) in [5.41, 5.74) is 18.4. The second-order valence-corrected chi connectivity index (χ2v) is 11.8. The summed E-state index contributed by atoms with van der Waals surface area (Å²) in [4.78, 5) is 48.8. The lowest BCUT2D eigenvalue weighted by atomic mass is 9.76. The Labute approximate surface area is 298 Å². The Kier molecular flexibility index (Phi) is 16.2. The van der Waals surface area contributed by atoms with E-state index in [-0.39, 0.29) is 37.9 Å². The lowest BCUT2D eigenvalue weighted by Gasteiger charge is -2.32. The molecular weight excluding hydrogens is 685 g/mol. The maximum absolute atomic E-state index is 14.2. The van der Waals surface area contributed by atoms with Gasteiger partial charge in [-0.25, -0.2) is 4.79 Å². The highest BCUT2D eigenvalue weighted by Gasteiger charge is 2.39. The van der Waals surface area contributed by atoms with Crippen LogP contribution in [0.15, 0.2) is 84.9 Å². The van der Waals surface area contributed by atoms with Gasteiger partial charge in [-0.2, -0.15) is 13.2 Å². The van der Waals surface area contributed by atoms with Crippen molar-refractivity contribution in [3.8, 4) is 0 Å². The average molecular weight is 729 g/mol. The minimum atomic E-state index is -5.08. The largest absolute Gasteiger partial charge is 0.490 e. The SMILES string of the molecule is C[C@](Cc1ccc(C(=N)N)cc1)(C(=O)N[C@@H](COCc1ccccc1)C(=O)N[C@@H](CCCNC(=N)N)C(N)=O)c1ccccc1.O=C(O)C(F)(F)F.